The van der Waals surface area contributed by atoms with Crippen LogP contribution in [0.2, 0.25) is 0 Å². The van der Waals surface area contributed by atoms with E-state index in [0.717, 1.165) is 11.1 Å². The number of aryl methyl sites for hydroxylation is 2. The Morgan fingerprint density at radius 1 is 1.05 bits per heavy atom. The van der Waals surface area contributed by atoms with Gasteiger partial charge in [-0.1, -0.05) is 36.0 Å². The van der Waals surface area contributed by atoms with Crippen molar-refractivity contribution < 1.29 is 9.90 Å². The predicted octanol–water partition coefficient (Wildman–Crippen LogP) is 5.22. The van der Waals surface area contributed by atoms with Crippen LogP contribution < -0.4 is 0 Å². The van der Waals surface area contributed by atoms with Crippen molar-refractivity contribution >= 4 is 23.4 Å². The molecule has 0 unspecified atom stereocenters. The lowest BCUT2D eigenvalue weighted by Crippen LogP contribution is -1.87. The Hall–Kier alpha value is -1.87. The molecule has 0 saturated carbocycles. The Morgan fingerprint density at radius 2 is 1.71 bits per heavy atom. The molecule has 1 rings (SSSR count). The molecular formula is C18H22O2S. The molecule has 1 aromatic heterocycles. The fourth-order valence-corrected chi connectivity index (χ4v) is 2.98. The molecule has 1 aromatic rings. The molecule has 0 amide bonds. The molecule has 1 N–H and O–H groups in total. The van der Waals surface area contributed by atoms with Crippen LogP contribution in [0.5, 0.6) is 0 Å². The first-order chi connectivity index (χ1) is 9.81. The van der Waals surface area contributed by atoms with E-state index in [2.05, 4.69) is 32.9 Å². The van der Waals surface area contributed by atoms with E-state index in [-0.39, 0.29) is 0 Å². The van der Waals surface area contributed by atoms with E-state index >= 15 is 0 Å². The summed E-state index contributed by atoms with van der Waals surface area (Å²) in [5, 5.41) is 8.62. The van der Waals surface area contributed by atoms with Crippen LogP contribution in [0.3, 0.4) is 0 Å². The van der Waals surface area contributed by atoms with Gasteiger partial charge in [0.05, 0.1) is 0 Å². The third kappa shape index (κ3) is 5.56. The van der Waals surface area contributed by atoms with Crippen LogP contribution >= 0.6 is 11.3 Å². The molecule has 0 aliphatic heterocycles. The molecule has 2 nitrogen and oxygen atoms in total. The highest BCUT2D eigenvalue weighted by molar-refractivity contribution is 7.12. The highest BCUT2D eigenvalue weighted by atomic mass is 32.1. The first-order valence-corrected chi connectivity index (χ1v) is 7.63. The molecule has 0 radical (unpaired) electrons. The number of aliphatic carboxylic acids is 1. The average molecular weight is 302 g/mol. The summed E-state index contributed by atoms with van der Waals surface area (Å²) in [6.07, 6.45) is 11.1. The molecule has 1 heterocycles. The minimum atomic E-state index is -0.920. The van der Waals surface area contributed by atoms with Gasteiger partial charge in [-0.05, 0) is 51.3 Å². The summed E-state index contributed by atoms with van der Waals surface area (Å²) in [5.41, 5.74) is 4.49. The molecule has 0 atom stereocenters. The molecular weight excluding hydrogens is 280 g/mol. The lowest BCUT2D eigenvalue weighted by molar-refractivity contribution is -0.131. The highest BCUT2D eigenvalue weighted by Gasteiger charge is 2.05. The van der Waals surface area contributed by atoms with Gasteiger partial charge >= 0.3 is 5.97 Å². The summed E-state index contributed by atoms with van der Waals surface area (Å²) in [6.45, 7) is 10.2. The van der Waals surface area contributed by atoms with E-state index in [0.29, 0.717) is 0 Å². The van der Waals surface area contributed by atoms with Crippen molar-refractivity contribution in [3.8, 4) is 0 Å². The van der Waals surface area contributed by atoms with Gasteiger partial charge in [-0.25, -0.2) is 4.79 Å². The Bertz CT molecular complexity index is 640. The number of hydrogen-bond acceptors (Lipinski definition) is 2. The molecule has 0 saturated heterocycles. The monoisotopic (exact) mass is 302 g/mol. The summed E-state index contributed by atoms with van der Waals surface area (Å²) < 4.78 is 0. The van der Waals surface area contributed by atoms with Crippen molar-refractivity contribution in [2.24, 2.45) is 0 Å². The fourth-order valence-electron chi connectivity index (χ4n) is 1.92. The summed E-state index contributed by atoms with van der Waals surface area (Å²) in [7, 11) is 0. The van der Waals surface area contributed by atoms with Crippen LogP contribution in [-0.4, -0.2) is 11.1 Å². The van der Waals surface area contributed by atoms with Crippen molar-refractivity contribution in [3.05, 3.63) is 62.4 Å². The lowest BCUT2D eigenvalue weighted by Gasteiger charge is -1.95. The van der Waals surface area contributed by atoms with E-state index < -0.39 is 5.97 Å². The minimum absolute atomic E-state index is 0.718. The van der Waals surface area contributed by atoms with E-state index in [1.807, 2.05) is 30.4 Å². The number of carboxylic acids is 1. The van der Waals surface area contributed by atoms with Gasteiger partial charge in [-0.2, -0.15) is 0 Å². The number of rotatable bonds is 5. The van der Waals surface area contributed by atoms with Crippen molar-refractivity contribution in [2.45, 2.75) is 34.6 Å². The molecule has 21 heavy (non-hydrogen) atoms. The third-order valence-corrected chi connectivity index (χ3v) is 4.34. The number of allylic oxidation sites excluding steroid dienone is 6. The van der Waals surface area contributed by atoms with Crippen molar-refractivity contribution in [3.63, 3.8) is 0 Å². The van der Waals surface area contributed by atoms with E-state index in [1.165, 1.54) is 27.0 Å². The second kappa shape index (κ2) is 7.79. The first-order valence-electron chi connectivity index (χ1n) is 6.82. The largest absolute Gasteiger partial charge is 0.478 e. The highest BCUT2D eigenvalue weighted by Crippen LogP contribution is 2.27. The number of thiophene rings is 1. The van der Waals surface area contributed by atoms with Crippen molar-refractivity contribution in [1.29, 1.82) is 0 Å². The third-order valence-electron chi connectivity index (χ3n) is 3.20. The molecule has 0 aromatic carbocycles. The van der Waals surface area contributed by atoms with E-state index in [9.17, 15) is 4.79 Å². The smallest absolute Gasteiger partial charge is 0.328 e. The standard InChI is InChI=1S/C18H22O2S/c1-12(7-6-8-13(2)11-18(19)20)9-10-17-14(3)15(4)21-16(17)5/h6-11H,1-5H3,(H,19,20)/b8-6+,10-9+,12-7+,13-11+. The number of carbonyl (C=O) groups is 1. The van der Waals surface area contributed by atoms with Gasteiger partial charge < -0.3 is 5.11 Å². The molecule has 0 fully saturated rings. The molecule has 112 valence electrons. The SMILES string of the molecule is CC(/C=C/c1c(C)sc(C)c1C)=C\C=C\C(C)=C\C(=O)O. The molecule has 0 bridgehead atoms. The van der Waals surface area contributed by atoms with Crippen LogP contribution in [-0.2, 0) is 4.79 Å². The van der Waals surface area contributed by atoms with Crippen LogP contribution in [0.1, 0.15) is 34.7 Å². The Balaban J connectivity index is 2.79. The Morgan fingerprint density at radius 3 is 2.24 bits per heavy atom. The lowest BCUT2D eigenvalue weighted by atomic mass is 10.1. The van der Waals surface area contributed by atoms with E-state index in [4.69, 9.17) is 5.11 Å². The van der Waals surface area contributed by atoms with Gasteiger partial charge in [0.15, 0.2) is 0 Å². The Kier molecular flexibility index (Phi) is 6.38. The maximum atomic E-state index is 10.5. The predicted molar refractivity (Wildman–Crippen MR) is 91.9 cm³/mol. The first kappa shape index (κ1) is 17.2. The molecule has 0 aliphatic carbocycles. The van der Waals surface area contributed by atoms with Crippen LogP contribution in [0.4, 0.5) is 0 Å². The fraction of sp³-hybridized carbons (Fsp3) is 0.278. The van der Waals surface area contributed by atoms with Gasteiger partial charge in [-0.15, -0.1) is 11.3 Å². The van der Waals surface area contributed by atoms with Crippen LogP contribution in [0, 0.1) is 20.8 Å². The summed E-state index contributed by atoms with van der Waals surface area (Å²) in [4.78, 5) is 13.2. The van der Waals surface area contributed by atoms with Gasteiger partial charge in [0, 0.05) is 15.8 Å². The van der Waals surface area contributed by atoms with E-state index in [1.54, 1.807) is 13.0 Å². The van der Waals surface area contributed by atoms with Gasteiger partial charge in [0.2, 0.25) is 0 Å². The van der Waals surface area contributed by atoms with Gasteiger partial charge in [0.1, 0.15) is 0 Å². The second-order valence-corrected chi connectivity index (χ2v) is 6.51. The maximum Gasteiger partial charge on any atom is 0.328 e. The summed E-state index contributed by atoms with van der Waals surface area (Å²) >= 11 is 1.83. The zero-order chi connectivity index (χ0) is 16.0. The second-order valence-electron chi connectivity index (χ2n) is 5.08. The zero-order valence-corrected chi connectivity index (χ0v) is 14.0. The number of carboxylic acid groups (broad SMARTS) is 1. The van der Waals surface area contributed by atoms with Crippen molar-refractivity contribution in [2.75, 3.05) is 0 Å². The number of hydrogen-bond donors (Lipinski definition) is 1. The molecule has 0 spiro atoms. The summed E-state index contributed by atoms with van der Waals surface area (Å²) in [5.74, 6) is -0.920. The van der Waals surface area contributed by atoms with Gasteiger partial charge in [-0.3, -0.25) is 0 Å². The summed E-state index contributed by atoms with van der Waals surface area (Å²) in [6, 6.07) is 0. The van der Waals surface area contributed by atoms with Gasteiger partial charge in [0.25, 0.3) is 0 Å². The zero-order valence-electron chi connectivity index (χ0n) is 13.2. The van der Waals surface area contributed by atoms with Crippen LogP contribution in [0.15, 0.2) is 41.5 Å². The maximum absolute atomic E-state index is 10.5. The molecule has 3 heteroatoms. The minimum Gasteiger partial charge on any atom is -0.478 e. The Labute approximate surface area is 130 Å². The van der Waals surface area contributed by atoms with Crippen molar-refractivity contribution in [1.82, 2.24) is 0 Å². The quantitative estimate of drug-likeness (QED) is 0.598. The average Bonchev–Trinajstić information content (AvgIpc) is 2.60. The molecule has 0 aliphatic rings. The normalized spacial score (nSPS) is 13.6. The topological polar surface area (TPSA) is 37.3 Å². The van der Waals surface area contributed by atoms with Crippen LogP contribution in [0.25, 0.3) is 6.08 Å².